The second-order valence-corrected chi connectivity index (χ2v) is 7.11. The first kappa shape index (κ1) is 14.4. The number of thiophene rings is 1. The minimum Gasteiger partial charge on any atom is -0.488 e. The van der Waals surface area contributed by atoms with Crippen molar-refractivity contribution in [2.24, 2.45) is 0 Å². The summed E-state index contributed by atoms with van der Waals surface area (Å²) in [6, 6.07) is 8.53. The highest BCUT2D eigenvalue weighted by molar-refractivity contribution is 9.10. The van der Waals surface area contributed by atoms with Gasteiger partial charge in [0.2, 0.25) is 0 Å². The molecule has 2 nitrogen and oxygen atoms in total. The van der Waals surface area contributed by atoms with Crippen LogP contribution < -0.4 is 10.1 Å². The van der Waals surface area contributed by atoms with Crippen LogP contribution in [0.4, 0.5) is 0 Å². The van der Waals surface area contributed by atoms with E-state index in [9.17, 15) is 0 Å². The molecule has 0 spiro atoms. The standard InChI is InChI=1S/C15H15BrClNOS/c16-12-6-7-20-15(12)9-19-14-3-1-2-13(17)11(14)8-18-10-4-5-10/h1-3,6-7,10,18H,4-5,8-9H2. The molecule has 2 aromatic rings. The van der Waals surface area contributed by atoms with E-state index in [1.165, 1.54) is 17.7 Å². The fraction of sp³-hybridized carbons (Fsp3) is 0.333. The van der Waals surface area contributed by atoms with Crippen molar-refractivity contribution in [3.63, 3.8) is 0 Å². The molecule has 1 saturated carbocycles. The van der Waals surface area contributed by atoms with Crippen LogP contribution in [0.15, 0.2) is 34.1 Å². The Morgan fingerprint density at radius 1 is 1.35 bits per heavy atom. The minimum atomic E-state index is 0.565. The first-order valence-electron chi connectivity index (χ1n) is 6.59. The minimum absolute atomic E-state index is 0.565. The SMILES string of the molecule is Clc1cccc(OCc2sccc2Br)c1CNC1CC1. The highest BCUT2D eigenvalue weighted by Crippen LogP contribution is 2.30. The van der Waals surface area contributed by atoms with Gasteiger partial charge < -0.3 is 10.1 Å². The third-order valence-electron chi connectivity index (χ3n) is 3.27. The van der Waals surface area contributed by atoms with E-state index in [2.05, 4.69) is 26.6 Å². The van der Waals surface area contributed by atoms with E-state index in [1.807, 2.05) is 24.3 Å². The van der Waals surface area contributed by atoms with Crippen LogP contribution in [0.5, 0.6) is 5.75 Å². The number of ether oxygens (including phenoxy) is 1. The summed E-state index contributed by atoms with van der Waals surface area (Å²) in [4.78, 5) is 1.19. The summed E-state index contributed by atoms with van der Waals surface area (Å²) in [5, 5.41) is 6.30. The largest absolute Gasteiger partial charge is 0.488 e. The molecule has 0 saturated heterocycles. The summed E-state index contributed by atoms with van der Waals surface area (Å²) in [6.45, 7) is 1.33. The van der Waals surface area contributed by atoms with Gasteiger partial charge in [0, 0.05) is 27.6 Å². The predicted molar refractivity (Wildman–Crippen MR) is 87.7 cm³/mol. The van der Waals surface area contributed by atoms with Crippen LogP contribution in [0.25, 0.3) is 0 Å². The van der Waals surface area contributed by atoms with E-state index in [1.54, 1.807) is 11.3 Å². The molecule has 0 amide bonds. The Kier molecular flexibility index (Phi) is 4.66. The maximum atomic E-state index is 6.30. The fourth-order valence-corrected chi connectivity index (χ4v) is 3.56. The number of halogens is 2. The van der Waals surface area contributed by atoms with Gasteiger partial charge in [-0.25, -0.2) is 0 Å². The molecule has 1 fully saturated rings. The molecule has 0 atom stereocenters. The molecular weight excluding hydrogens is 358 g/mol. The average molecular weight is 373 g/mol. The highest BCUT2D eigenvalue weighted by Gasteiger charge is 2.21. The molecule has 106 valence electrons. The molecule has 5 heteroatoms. The zero-order valence-electron chi connectivity index (χ0n) is 10.9. The first-order chi connectivity index (χ1) is 9.74. The summed E-state index contributed by atoms with van der Waals surface area (Å²) < 4.78 is 7.05. The van der Waals surface area contributed by atoms with Gasteiger partial charge in [-0.2, -0.15) is 0 Å². The third kappa shape index (κ3) is 3.55. The zero-order valence-corrected chi connectivity index (χ0v) is 14.0. The molecule has 0 unspecified atom stereocenters. The van der Waals surface area contributed by atoms with E-state index < -0.39 is 0 Å². The topological polar surface area (TPSA) is 21.3 Å². The Morgan fingerprint density at radius 3 is 2.90 bits per heavy atom. The Morgan fingerprint density at radius 2 is 2.20 bits per heavy atom. The van der Waals surface area contributed by atoms with Gasteiger partial charge in [-0.15, -0.1) is 11.3 Å². The number of hydrogen-bond acceptors (Lipinski definition) is 3. The first-order valence-corrected chi connectivity index (χ1v) is 8.64. The van der Waals surface area contributed by atoms with Crippen LogP contribution in [0.2, 0.25) is 5.02 Å². The molecule has 1 N–H and O–H groups in total. The van der Waals surface area contributed by atoms with Gasteiger partial charge in [0.15, 0.2) is 0 Å². The lowest BCUT2D eigenvalue weighted by Gasteiger charge is -2.13. The maximum Gasteiger partial charge on any atom is 0.125 e. The Balaban J connectivity index is 1.70. The van der Waals surface area contributed by atoms with E-state index in [-0.39, 0.29) is 0 Å². The van der Waals surface area contributed by atoms with Crippen molar-refractivity contribution in [3.05, 3.63) is 49.6 Å². The molecule has 1 aromatic carbocycles. The Hall–Kier alpha value is -0.550. The van der Waals surface area contributed by atoms with Crippen molar-refractivity contribution in [3.8, 4) is 5.75 Å². The van der Waals surface area contributed by atoms with E-state index in [4.69, 9.17) is 16.3 Å². The number of rotatable bonds is 6. The van der Waals surface area contributed by atoms with Crippen molar-refractivity contribution in [2.75, 3.05) is 0 Å². The Labute approximate surface area is 136 Å². The van der Waals surface area contributed by atoms with Crippen LogP contribution in [-0.2, 0) is 13.2 Å². The van der Waals surface area contributed by atoms with Crippen LogP contribution in [0.3, 0.4) is 0 Å². The molecule has 3 rings (SSSR count). The van der Waals surface area contributed by atoms with Gasteiger partial charge in [-0.3, -0.25) is 0 Å². The molecule has 20 heavy (non-hydrogen) atoms. The van der Waals surface area contributed by atoms with E-state index in [0.29, 0.717) is 12.6 Å². The number of hydrogen-bond donors (Lipinski definition) is 1. The van der Waals surface area contributed by atoms with Gasteiger partial charge in [-0.1, -0.05) is 17.7 Å². The summed E-state index contributed by atoms with van der Waals surface area (Å²) in [7, 11) is 0. The van der Waals surface area contributed by atoms with Gasteiger partial charge in [-0.05, 0) is 52.4 Å². The lowest BCUT2D eigenvalue weighted by atomic mass is 10.2. The van der Waals surface area contributed by atoms with Crippen molar-refractivity contribution in [1.29, 1.82) is 0 Å². The van der Waals surface area contributed by atoms with E-state index in [0.717, 1.165) is 27.4 Å². The molecular formula is C15H15BrClNOS. The molecule has 1 aliphatic rings. The van der Waals surface area contributed by atoms with Gasteiger partial charge in [0.1, 0.15) is 12.4 Å². The summed E-state index contributed by atoms with van der Waals surface area (Å²) in [5.41, 5.74) is 1.05. The third-order valence-corrected chi connectivity index (χ3v) is 5.52. The van der Waals surface area contributed by atoms with Crippen LogP contribution in [0, 0.1) is 0 Å². The fourth-order valence-electron chi connectivity index (χ4n) is 1.95. The second-order valence-electron chi connectivity index (χ2n) is 4.85. The quantitative estimate of drug-likeness (QED) is 0.771. The molecule has 0 bridgehead atoms. The van der Waals surface area contributed by atoms with Crippen molar-refractivity contribution in [2.45, 2.75) is 32.0 Å². The predicted octanol–water partition coefficient (Wildman–Crippen LogP) is 5.00. The molecule has 0 aliphatic heterocycles. The smallest absolute Gasteiger partial charge is 0.125 e. The average Bonchev–Trinajstić information content (AvgIpc) is 3.17. The Bertz CT molecular complexity index is 597. The van der Waals surface area contributed by atoms with Crippen molar-refractivity contribution in [1.82, 2.24) is 5.32 Å². The van der Waals surface area contributed by atoms with Crippen LogP contribution >= 0.6 is 38.9 Å². The molecule has 1 heterocycles. The van der Waals surface area contributed by atoms with Crippen LogP contribution in [0.1, 0.15) is 23.3 Å². The van der Waals surface area contributed by atoms with Gasteiger partial charge >= 0.3 is 0 Å². The second kappa shape index (κ2) is 6.48. The van der Waals surface area contributed by atoms with Gasteiger partial charge in [0.05, 0.1) is 4.88 Å². The normalized spacial score (nSPS) is 14.5. The van der Waals surface area contributed by atoms with Crippen molar-refractivity contribution >= 4 is 38.9 Å². The maximum absolute atomic E-state index is 6.30. The highest BCUT2D eigenvalue weighted by atomic mass is 79.9. The van der Waals surface area contributed by atoms with Crippen molar-refractivity contribution < 1.29 is 4.74 Å². The lowest BCUT2D eigenvalue weighted by Crippen LogP contribution is -2.16. The molecule has 0 radical (unpaired) electrons. The van der Waals surface area contributed by atoms with Crippen LogP contribution in [-0.4, -0.2) is 6.04 Å². The summed E-state index contributed by atoms with van der Waals surface area (Å²) >= 11 is 11.5. The zero-order chi connectivity index (χ0) is 13.9. The summed E-state index contributed by atoms with van der Waals surface area (Å²) in [6.07, 6.45) is 2.53. The van der Waals surface area contributed by atoms with E-state index >= 15 is 0 Å². The lowest BCUT2D eigenvalue weighted by molar-refractivity contribution is 0.305. The number of benzene rings is 1. The molecule has 1 aliphatic carbocycles. The monoisotopic (exact) mass is 371 g/mol. The van der Waals surface area contributed by atoms with Gasteiger partial charge in [0.25, 0.3) is 0 Å². The summed E-state index contributed by atoms with van der Waals surface area (Å²) in [5.74, 6) is 0.867. The number of nitrogens with one attached hydrogen (secondary N) is 1. The molecule has 1 aromatic heterocycles.